The number of nitrogens with zero attached hydrogens (tertiary/aromatic N) is 3. The number of hydrogen-bond donors (Lipinski definition) is 0. The minimum absolute atomic E-state index is 0.108. The molecular weight excluding hydrogens is 426 g/mol. The number of anilines is 1. The lowest BCUT2D eigenvalue weighted by atomic mass is 10.1. The number of halogens is 4. The summed E-state index contributed by atoms with van der Waals surface area (Å²) in [5.41, 5.74) is 0.579. The van der Waals surface area contributed by atoms with Crippen LogP contribution in [0.4, 0.5) is 23.2 Å². The van der Waals surface area contributed by atoms with Gasteiger partial charge < -0.3 is 14.7 Å². The summed E-state index contributed by atoms with van der Waals surface area (Å²) < 4.78 is 52.0. The highest BCUT2D eigenvalue weighted by Crippen LogP contribution is 2.32. The monoisotopic (exact) mass is 449 g/mol. The second kappa shape index (κ2) is 8.80. The molecule has 0 saturated carbocycles. The van der Waals surface area contributed by atoms with E-state index in [2.05, 4.69) is 0 Å². The van der Waals surface area contributed by atoms with Crippen LogP contribution in [0.3, 0.4) is 0 Å². The van der Waals surface area contributed by atoms with E-state index in [0.29, 0.717) is 45.0 Å². The van der Waals surface area contributed by atoms with Crippen molar-refractivity contribution in [2.24, 2.45) is 5.92 Å². The standard InChI is InChI=1S/C23H23F4N3O2/c24-19-6-4-16(5-7-19)14-30-15-17(12-21(30)31)22(32)29-10-8-28(9-11-29)20-3-1-2-18(13-20)23(25,26)27/h1-7,13,17H,8-12,14-15H2/t17-/m1/s1. The van der Waals surface area contributed by atoms with Crippen LogP contribution in [0.15, 0.2) is 48.5 Å². The summed E-state index contributed by atoms with van der Waals surface area (Å²) in [6.07, 6.45) is -4.27. The van der Waals surface area contributed by atoms with Crippen molar-refractivity contribution in [1.29, 1.82) is 0 Å². The van der Waals surface area contributed by atoms with Gasteiger partial charge in [-0.3, -0.25) is 9.59 Å². The summed E-state index contributed by atoms with van der Waals surface area (Å²) in [6.45, 7) is 2.25. The van der Waals surface area contributed by atoms with Gasteiger partial charge in [0.05, 0.1) is 11.5 Å². The van der Waals surface area contributed by atoms with Crippen LogP contribution in [0, 0.1) is 11.7 Å². The molecule has 2 aromatic carbocycles. The predicted octanol–water partition coefficient (Wildman–Crippen LogP) is 3.54. The first kappa shape index (κ1) is 22.1. The second-order valence-corrected chi connectivity index (χ2v) is 8.16. The van der Waals surface area contributed by atoms with E-state index in [1.54, 1.807) is 28.0 Å². The molecule has 5 nitrogen and oxygen atoms in total. The number of carbonyl (C=O) groups excluding carboxylic acids is 2. The molecule has 0 radical (unpaired) electrons. The zero-order valence-corrected chi connectivity index (χ0v) is 17.3. The van der Waals surface area contributed by atoms with E-state index in [9.17, 15) is 27.2 Å². The number of likely N-dealkylation sites (tertiary alicyclic amines) is 1. The Hall–Kier alpha value is -3.10. The summed E-state index contributed by atoms with van der Waals surface area (Å²) in [4.78, 5) is 30.4. The van der Waals surface area contributed by atoms with Crippen LogP contribution in [0.25, 0.3) is 0 Å². The van der Waals surface area contributed by atoms with Crippen LogP contribution < -0.4 is 4.90 Å². The molecule has 9 heteroatoms. The van der Waals surface area contributed by atoms with Crippen molar-refractivity contribution < 1.29 is 27.2 Å². The molecule has 0 spiro atoms. The van der Waals surface area contributed by atoms with E-state index >= 15 is 0 Å². The van der Waals surface area contributed by atoms with Crippen LogP contribution >= 0.6 is 0 Å². The zero-order valence-electron chi connectivity index (χ0n) is 17.3. The highest BCUT2D eigenvalue weighted by atomic mass is 19.4. The highest BCUT2D eigenvalue weighted by molar-refractivity contribution is 5.89. The molecule has 0 unspecified atom stereocenters. The minimum atomic E-state index is -4.40. The topological polar surface area (TPSA) is 43.9 Å². The zero-order chi connectivity index (χ0) is 22.9. The molecule has 0 aliphatic carbocycles. The fraction of sp³-hybridized carbons (Fsp3) is 0.391. The number of piperazine rings is 1. The molecule has 0 aromatic heterocycles. The van der Waals surface area contributed by atoms with Crippen molar-refractivity contribution in [3.05, 3.63) is 65.5 Å². The first-order valence-corrected chi connectivity index (χ1v) is 10.4. The van der Waals surface area contributed by atoms with Gasteiger partial charge >= 0.3 is 6.18 Å². The van der Waals surface area contributed by atoms with E-state index in [-0.39, 0.29) is 24.1 Å². The Morgan fingerprint density at radius 2 is 1.69 bits per heavy atom. The lowest BCUT2D eigenvalue weighted by Crippen LogP contribution is -2.50. The van der Waals surface area contributed by atoms with Gasteiger partial charge in [0.2, 0.25) is 11.8 Å². The van der Waals surface area contributed by atoms with Crippen LogP contribution in [0.1, 0.15) is 17.5 Å². The molecule has 0 bridgehead atoms. The molecule has 170 valence electrons. The SMILES string of the molecule is O=C1C[C@@H](C(=O)N2CCN(c3cccc(C(F)(F)F)c3)CC2)CN1Cc1ccc(F)cc1. The Labute approximate surface area is 183 Å². The van der Waals surface area contributed by atoms with Crippen molar-refractivity contribution in [3.8, 4) is 0 Å². The number of amides is 2. The maximum atomic E-state index is 13.1. The first-order chi connectivity index (χ1) is 15.2. The van der Waals surface area contributed by atoms with Crippen LogP contribution in [0.2, 0.25) is 0 Å². The summed E-state index contributed by atoms with van der Waals surface area (Å²) in [5, 5.41) is 0. The molecule has 2 amide bonds. The summed E-state index contributed by atoms with van der Waals surface area (Å²) in [7, 11) is 0. The fourth-order valence-corrected chi connectivity index (χ4v) is 4.22. The molecule has 2 fully saturated rings. The average molecular weight is 449 g/mol. The Morgan fingerprint density at radius 3 is 2.34 bits per heavy atom. The van der Waals surface area contributed by atoms with Gasteiger partial charge in [0.1, 0.15) is 5.82 Å². The second-order valence-electron chi connectivity index (χ2n) is 8.16. The van der Waals surface area contributed by atoms with Crippen molar-refractivity contribution in [3.63, 3.8) is 0 Å². The number of carbonyl (C=O) groups is 2. The molecular formula is C23H23F4N3O2. The molecule has 2 aliphatic rings. The lowest BCUT2D eigenvalue weighted by molar-refractivity contribution is -0.137. The first-order valence-electron chi connectivity index (χ1n) is 10.4. The molecule has 2 aliphatic heterocycles. The molecule has 4 rings (SSSR count). The number of hydrogen-bond acceptors (Lipinski definition) is 3. The average Bonchev–Trinajstić information content (AvgIpc) is 3.14. The summed E-state index contributed by atoms with van der Waals surface area (Å²) >= 11 is 0. The largest absolute Gasteiger partial charge is 0.416 e. The van der Waals surface area contributed by atoms with E-state index in [4.69, 9.17) is 0 Å². The number of benzene rings is 2. The fourth-order valence-electron chi connectivity index (χ4n) is 4.22. The van der Waals surface area contributed by atoms with Crippen molar-refractivity contribution in [2.45, 2.75) is 19.1 Å². The smallest absolute Gasteiger partial charge is 0.368 e. The van der Waals surface area contributed by atoms with E-state index in [0.717, 1.165) is 17.7 Å². The van der Waals surface area contributed by atoms with Gasteiger partial charge in [-0.1, -0.05) is 18.2 Å². The summed E-state index contributed by atoms with van der Waals surface area (Å²) in [6, 6.07) is 11.1. The van der Waals surface area contributed by atoms with Crippen molar-refractivity contribution in [2.75, 3.05) is 37.6 Å². The van der Waals surface area contributed by atoms with Gasteiger partial charge in [-0.15, -0.1) is 0 Å². The van der Waals surface area contributed by atoms with Gasteiger partial charge in [0.15, 0.2) is 0 Å². The third-order valence-electron chi connectivity index (χ3n) is 5.98. The van der Waals surface area contributed by atoms with Crippen LogP contribution in [-0.4, -0.2) is 54.3 Å². The maximum absolute atomic E-state index is 13.1. The molecule has 2 saturated heterocycles. The van der Waals surface area contributed by atoms with E-state index in [1.165, 1.54) is 18.2 Å². The van der Waals surface area contributed by atoms with Crippen molar-refractivity contribution >= 4 is 17.5 Å². The summed E-state index contributed by atoms with van der Waals surface area (Å²) in [5.74, 6) is -1.01. The van der Waals surface area contributed by atoms with Crippen molar-refractivity contribution in [1.82, 2.24) is 9.80 Å². The Bertz CT molecular complexity index is 985. The van der Waals surface area contributed by atoms with Crippen LogP contribution in [0.5, 0.6) is 0 Å². The molecule has 32 heavy (non-hydrogen) atoms. The van der Waals surface area contributed by atoms with Gasteiger partial charge in [0.25, 0.3) is 0 Å². The van der Waals surface area contributed by atoms with Gasteiger partial charge in [-0.2, -0.15) is 13.2 Å². The Balaban J connectivity index is 1.33. The minimum Gasteiger partial charge on any atom is -0.368 e. The predicted molar refractivity (Wildman–Crippen MR) is 110 cm³/mol. The van der Waals surface area contributed by atoms with Gasteiger partial charge in [-0.25, -0.2) is 4.39 Å². The third kappa shape index (κ3) is 4.87. The Morgan fingerprint density at radius 1 is 1.00 bits per heavy atom. The molecule has 1 atom stereocenters. The molecule has 0 N–H and O–H groups in total. The normalized spacial score (nSPS) is 19.6. The van der Waals surface area contributed by atoms with E-state index in [1.807, 2.05) is 4.90 Å². The molecule has 2 heterocycles. The Kier molecular flexibility index (Phi) is 6.08. The highest BCUT2D eigenvalue weighted by Gasteiger charge is 2.37. The van der Waals surface area contributed by atoms with Gasteiger partial charge in [0, 0.05) is 51.4 Å². The third-order valence-corrected chi connectivity index (χ3v) is 5.98. The van der Waals surface area contributed by atoms with E-state index < -0.39 is 17.7 Å². The molecule has 2 aromatic rings. The quantitative estimate of drug-likeness (QED) is 0.671. The lowest BCUT2D eigenvalue weighted by Gasteiger charge is -2.37. The van der Waals surface area contributed by atoms with Crippen LogP contribution in [-0.2, 0) is 22.3 Å². The number of rotatable bonds is 4. The maximum Gasteiger partial charge on any atom is 0.416 e. The van der Waals surface area contributed by atoms with Gasteiger partial charge in [-0.05, 0) is 35.9 Å². The number of alkyl halides is 3.